The third kappa shape index (κ3) is 5.86. The van der Waals surface area contributed by atoms with Crippen LogP contribution in [0.25, 0.3) is 0 Å². The molecular weight excluding hydrogens is 412 g/mol. The average Bonchev–Trinajstić information content (AvgIpc) is 2.70. The Morgan fingerprint density at radius 3 is 2.16 bits per heavy atom. The van der Waals surface area contributed by atoms with Crippen LogP contribution in [-0.4, -0.2) is 20.9 Å². The first kappa shape index (κ1) is 22.4. The van der Waals surface area contributed by atoms with Crippen molar-refractivity contribution in [3.05, 3.63) is 82.9 Å². The van der Waals surface area contributed by atoms with E-state index in [-0.39, 0.29) is 17.4 Å². The highest BCUT2D eigenvalue weighted by atomic mass is 32.2. The molecule has 31 heavy (non-hydrogen) atoms. The SMILES string of the molecule is Cc1ccc(NS(=O)(=O)c2ccc(OCC(=O)Nc3ccc(C)cc3C)c(C)c2)cc1. The number of aryl methyl sites for hydroxylation is 4. The highest BCUT2D eigenvalue weighted by Gasteiger charge is 2.16. The summed E-state index contributed by atoms with van der Waals surface area (Å²) in [5.74, 6) is 0.161. The van der Waals surface area contributed by atoms with E-state index in [2.05, 4.69) is 10.0 Å². The smallest absolute Gasteiger partial charge is 0.262 e. The molecule has 1 amide bonds. The molecule has 0 bridgehead atoms. The Morgan fingerprint density at radius 2 is 1.52 bits per heavy atom. The predicted molar refractivity (Wildman–Crippen MR) is 123 cm³/mol. The zero-order valence-corrected chi connectivity index (χ0v) is 18.8. The van der Waals surface area contributed by atoms with Crippen molar-refractivity contribution in [3.63, 3.8) is 0 Å². The summed E-state index contributed by atoms with van der Waals surface area (Å²) < 4.78 is 33.5. The van der Waals surface area contributed by atoms with E-state index in [4.69, 9.17) is 4.74 Å². The lowest BCUT2D eigenvalue weighted by Gasteiger charge is -2.13. The highest BCUT2D eigenvalue weighted by molar-refractivity contribution is 7.92. The fraction of sp³-hybridized carbons (Fsp3) is 0.208. The van der Waals surface area contributed by atoms with Gasteiger partial charge in [0, 0.05) is 11.4 Å². The van der Waals surface area contributed by atoms with Crippen molar-refractivity contribution >= 4 is 27.3 Å². The topological polar surface area (TPSA) is 84.5 Å². The number of ether oxygens (including phenoxy) is 1. The molecule has 162 valence electrons. The Labute approximate surface area is 183 Å². The largest absolute Gasteiger partial charge is 0.483 e. The monoisotopic (exact) mass is 438 g/mol. The number of rotatable bonds is 7. The fourth-order valence-electron chi connectivity index (χ4n) is 3.07. The summed E-state index contributed by atoms with van der Waals surface area (Å²) in [4.78, 5) is 12.4. The van der Waals surface area contributed by atoms with Crippen LogP contribution in [0.4, 0.5) is 11.4 Å². The minimum absolute atomic E-state index is 0.123. The first-order valence-corrected chi connectivity index (χ1v) is 11.3. The first-order valence-electron chi connectivity index (χ1n) is 9.84. The number of amides is 1. The van der Waals surface area contributed by atoms with Crippen LogP contribution in [-0.2, 0) is 14.8 Å². The summed E-state index contributed by atoms with van der Waals surface area (Å²) in [6.45, 7) is 7.41. The number of carbonyl (C=O) groups excluding carboxylic acids is 1. The zero-order chi connectivity index (χ0) is 22.6. The van der Waals surface area contributed by atoms with Crippen LogP contribution in [0.15, 0.2) is 65.6 Å². The summed E-state index contributed by atoms with van der Waals surface area (Å²) in [7, 11) is -3.73. The Kier molecular flexibility index (Phi) is 6.65. The van der Waals surface area contributed by atoms with Crippen molar-refractivity contribution < 1.29 is 17.9 Å². The lowest BCUT2D eigenvalue weighted by molar-refractivity contribution is -0.118. The maximum absolute atomic E-state index is 12.7. The molecule has 0 aliphatic carbocycles. The molecule has 0 heterocycles. The van der Waals surface area contributed by atoms with Gasteiger partial charge in [-0.3, -0.25) is 9.52 Å². The van der Waals surface area contributed by atoms with Gasteiger partial charge in [0.1, 0.15) is 5.75 Å². The van der Waals surface area contributed by atoms with E-state index in [1.807, 2.05) is 51.1 Å². The van der Waals surface area contributed by atoms with E-state index >= 15 is 0 Å². The van der Waals surface area contributed by atoms with Gasteiger partial charge in [0.05, 0.1) is 4.90 Å². The van der Waals surface area contributed by atoms with Gasteiger partial charge in [-0.05, 0) is 75.2 Å². The van der Waals surface area contributed by atoms with E-state index < -0.39 is 10.0 Å². The van der Waals surface area contributed by atoms with Crippen LogP contribution in [0.1, 0.15) is 22.3 Å². The quantitative estimate of drug-likeness (QED) is 0.558. The summed E-state index contributed by atoms with van der Waals surface area (Å²) in [6.07, 6.45) is 0. The summed E-state index contributed by atoms with van der Waals surface area (Å²) in [5.41, 5.74) is 4.98. The molecule has 0 aliphatic heterocycles. The van der Waals surface area contributed by atoms with E-state index in [9.17, 15) is 13.2 Å². The zero-order valence-electron chi connectivity index (χ0n) is 18.0. The fourth-order valence-corrected chi connectivity index (χ4v) is 4.21. The number of benzene rings is 3. The van der Waals surface area contributed by atoms with Gasteiger partial charge in [0.2, 0.25) is 0 Å². The molecule has 0 spiro atoms. The van der Waals surface area contributed by atoms with Gasteiger partial charge in [-0.25, -0.2) is 8.42 Å². The molecule has 0 saturated carbocycles. The van der Waals surface area contributed by atoms with Crippen LogP contribution in [0, 0.1) is 27.7 Å². The van der Waals surface area contributed by atoms with E-state index in [0.717, 1.165) is 22.4 Å². The highest BCUT2D eigenvalue weighted by Crippen LogP contribution is 2.24. The van der Waals surface area contributed by atoms with Crippen LogP contribution >= 0.6 is 0 Å². The van der Waals surface area contributed by atoms with Crippen molar-refractivity contribution in [2.24, 2.45) is 0 Å². The lowest BCUT2D eigenvalue weighted by Crippen LogP contribution is -2.21. The van der Waals surface area contributed by atoms with Crippen molar-refractivity contribution in [1.82, 2.24) is 0 Å². The first-order chi connectivity index (χ1) is 14.6. The van der Waals surface area contributed by atoms with Crippen molar-refractivity contribution in [2.45, 2.75) is 32.6 Å². The molecule has 0 aliphatic rings. The molecule has 0 atom stereocenters. The average molecular weight is 439 g/mol. The van der Waals surface area contributed by atoms with Gasteiger partial charge in [0.15, 0.2) is 6.61 Å². The van der Waals surface area contributed by atoms with Crippen LogP contribution in [0.2, 0.25) is 0 Å². The number of anilines is 2. The normalized spacial score (nSPS) is 11.1. The number of sulfonamides is 1. The molecule has 2 N–H and O–H groups in total. The Morgan fingerprint density at radius 1 is 0.839 bits per heavy atom. The van der Waals surface area contributed by atoms with Crippen molar-refractivity contribution in [3.8, 4) is 5.75 Å². The van der Waals surface area contributed by atoms with Crippen LogP contribution in [0.5, 0.6) is 5.75 Å². The lowest BCUT2D eigenvalue weighted by atomic mass is 10.1. The Balaban J connectivity index is 1.64. The van der Waals surface area contributed by atoms with Gasteiger partial charge in [0.25, 0.3) is 15.9 Å². The number of nitrogens with one attached hydrogen (secondary N) is 2. The Bertz CT molecular complexity index is 1200. The summed E-state index contributed by atoms with van der Waals surface area (Å²) in [6, 6.07) is 17.4. The van der Waals surface area contributed by atoms with Crippen molar-refractivity contribution in [2.75, 3.05) is 16.6 Å². The maximum Gasteiger partial charge on any atom is 0.262 e. The second kappa shape index (κ2) is 9.22. The maximum atomic E-state index is 12.7. The molecular formula is C24H26N2O4S. The molecule has 3 rings (SSSR count). The minimum atomic E-state index is -3.73. The third-order valence-corrected chi connectivity index (χ3v) is 6.15. The van der Waals surface area contributed by atoms with E-state index in [1.165, 1.54) is 12.1 Å². The van der Waals surface area contributed by atoms with Gasteiger partial charge < -0.3 is 10.1 Å². The van der Waals surface area contributed by atoms with Gasteiger partial charge in [-0.15, -0.1) is 0 Å². The number of hydrogen-bond donors (Lipinski definition) is 2. The summed E-state index contributed by atoms with van der Waals surface area (Å²) in [5, 5.41) is 2.82. The standard InChI is InChI=1S/C24H26N2O4S/c1-16-5-8-20(9-6-16)26-31(28,29)21-10-12-23(19(4)14-21)30-15-24(27)25-22-11-7-17(2)13-18(22)3/h5-14,26H,15H2,1-4H3,(H,25,27). The van der Waals surface area contributed by atoms with Gasteiger partial charge in [-0.1, -0.05) is 35.4 Å². The second-order valence-corrected chi connectivity index (χ2v) is 9.24. The Hall–Kier alpha value is -3.32. The second-order valence-electron chi connectivity index (χ2n) is 7.55. The van der Waals surface area contributed by atoms with Crippen LogP contribution < -0.4 is 14.8 Å². The number of hydrogen-bond acceptors (Lipinski definition) is 4. The molecule has 6 nitrogen and oxygen atoms in total. The molecule has 0 saturated heterocycles. The van der Waals surface area contributed by atoms with Gasteiger partial charge in [-0.2, -0.15) is 0 Å². The molecule has 0 radical (unpaired) electrons. The molecule has 0 aromatic heterocycles. The van der Waals surface area contributed by atoms with Gasteiger partial charge >= 0.3 is 0 Å². The van der Waals surface area contributed by atoms with E-state index in [0.29, 0.717) is 17.0 Å². The molecule has 7 heteroatoms. The molecule has 0 fully saturated rings. The summed E-state index contributed by atoms with van der Waals surface area (Å²) >= 11 is 0. The minimum Gasteiger partial charge on any atom is -0.483 e. The van der Waals surface area contributed by atoms with E-state index in [1.54, 1.807) is 25.1 Å². The van der Waals surface area contributed by atoms with Crippen molar-refractivity contribution in [1.29, 1.82) is 0 Å². The third-order valence-electron chi connectivity index (χ3n) is 4.78. The molecule has 0 unspecified atom stereocenters. The number of carbonyl (C=O) groups is 1. The molecule has 3 aromatic rings. The van der Waals surface area contributed by atoms with Crippen LogP contribution in [0.3, 0.4) is 0 Å². The molecule has 3 aromatic carbocycles. The predicted octanol–water partition coefficient (Wildman–Crippen LogP) is 4.74.